The predicted octanol–water partition coefficient (Wildman–Crippen LogP) is 0.644. The third-order valence-electron chi connectivity index (χ3n) is 3.79. The van der Waals surface area contributed by atoms with E-state index in [4.69, 9.17) is 16.2 Å². The lowest BCUT2D eigenvalue weighted by molar-refractivity contribution is -0.157. The number of amides is 1. The monoisotopic (exact) mass is 291 g/mol. The maximum Gasteiger partial charge on any atom is 0.406 e. The Labute approximate surface area is 124 Å². The van der Waals surface area contributed by atoms with Gasteiger partial charge in [0.05, 0.1) is 6.54 Å². The average molecular weight is 291 g/mol. The van der Waals surface area contributed by atoms with Crippen LogP contribution in [0.25, 0.3) is 0 Å². The van der Waals surface area contributed by atoms with E-state index in [0.717, 1.165) is 18.4 Å². The van der Waals surface area contributed by atoms with Gasteiger partial charge in [-0.2, -0.15) is 0 Å². The van der Waals surface area contributed by atoms with Crippen LogP contribution >= 0.6 is 0 Å². The van der Waals surface area contributed by atoms with Gasteiger partial charge in [0, 0.05) is 19.5 Å². The number of rotatable bonds is 6. The molecule has 2 rings (SSSR count). The number of carbonyl (C=O) groups excluding carboxylic acids is 2. The molecule has 1 atom stereocenters. The summed E-state index contributed by atoms with van der Waals surface area (Å²) in [6.07, 6.45) is 1.21. The molecule has 6 nitrogen and oxygen atoms in total. The molecule has 1 amide bonds. The highest BCUT2D eigenvalue weighted by molar-refractivity contribution is 5.90. The van der Waals surface area contributed by atoms with E-state index in [1.165, 1.54) is 0 Å². The zero-order valence-corrected chi connectivity index (χ0v) is 12.0. The fraction of sp³-hybridized carbons (Fsp3) is 0.467. The van der Waals surface area contributed by atoms with Crippen LogP contribution in [-0.4, -0.2) is 42.1 Å². The molecule has 1 saturated heterocycles. The molecular formula is C15H21N3O3. The van der Waals surface area contributed by atoms with E-state index >= 15 is 0 Å². The quantitative estimate of drug-likeness (QED) is 0.801. The van der Waals surface area contributed by atoms with E-state index in [1.54, 1.807) is 0 Å². The molecule has 21 heavy (non-hydrogen) atoms. The fourth-order valence-electron chi connectivity index (χ4n) is 2.82. The van der Waals surface area contributed by atoms with Crippen molar-refractivity contribution in [3.63, 3.8) is 0 Å². The number of primary amides is 1. The molecule has 114 valence electrons. The zero-order chi connectivity index (χ0) is 15.3. The Kier molecular flexibility index (Phi) is 4.93. The minimum atomic E-state index is -1.39. The van der Waals surface area contributed by atoms with Crippen LogP contribution < -0.4 is 11.5 Å². The van der Waals surface area contributed by atoms with Crippen molar-refractivity contribution in [2.75, 3.05) is 19.6 Å². The average Bonchev–Trinajstić information content (AvgIpc) is 3.01. The van der Waals surface area contributed by atoms with Gasteiger partial charge >= 0.3 is 6.09 Å². The summed E-state index contributed by atoms with van der Waals surface area (Å²) in [6, 6.07) is 9.42. The minimum absolute atomic E-state index is 0.198. The number of ether oxygens (including phenoxy) is 1. The Morgan fingerprint density at radius 3 is 2.33 bits per heavy atom. The Balaban J connectivity index is 2.38. The first-order chi connectivity index (χ1) is 10.1. The SMILES string of the molecule is NCC(=O)C(Cc1ccccc1)(OC(N)=O)N1CCCC1. The van der Waals surface area contributed by atoms with Crippen LogP contribution in [-0.2, 0) is 16.0 Å². The summed E-state index contributed by atoms with van der Waals surface area (Å²) in [5, 5.41) is 0. The second-order valence-corrected chi connectivity index (χ2v) is 5.19. The molecule has 1 aliphatic heterocycles. The van der Waals surface area contributed by atoms with Crippen LogP contribution in [0.2, 0.25) is 0 Å². The van der Waals surface area contributed by atoms with Gasteiger partial charge in [-0.15, -0.1) is 0 Å². The second kappa shape index (κ2) is 6.69. The summed E-state index contributed by atoms with van der Waals surface area (Å²) in [6.45, 7) is 1.17. The minimum Gasteiger partial charge on any atom is -0.420 e. The molecule has 0 radical (unpaired) electrons. The first kappa shape index (κ1) is 15.5. The summed E-state index contributed by atoms with van der Waals surface area (Å²) < 4.78 is 5.31. The van der Waals surface area contributed by atoms with E-state index in [0.29, 0.717) is 13.1 Å². The molecule has 1 aromatic rings. The van der Waals surface area contributed by atoms with Crippen LogP contribution in [0.1, 0.15) is 18.4 Å². The largest absolute Gasteiger partial charge is 0.420 e. The first-order valence-corrected chi connectivity index (χ1v) is 7.09. The van der Waals surface area contributed by atoms with Crippen molar-refractivity contribution in [2.45, 2.75) is 25.0 Å². The standard InChI is InChI=1S/C15H21N3O3/c16-11-13(19)15(21-14(17)20,18-8-4-5-9-18)10-12-6-2-1-3-7-12/h1-3,6-7H,4-5,8-11,16H2,(H2,17,20). The van der Waals surface area contributed by atoms with Gasteiger partial charge in [-0.3, -0.25) is 9.69 Å². The van der Waals surface area contributed by atoms with Crippen LogP contribution in [0.5, 0.6) is 0 Å². The van der Waals surface area contributed by atoms with Crippen molar-refractivity contribution in [2.24, 2.45) is 11.5 Å². The van der Waals surface area contributed by atoms with Gasteiger partial charge in [0.1, 0.15) is 0 Å². The van der Waals surface area contributed by atoms with Crippen molar-refractivity contribution in [3.05, 3.63) is 35.9 Å². The summed E-state index contributed by atoms with van der Waals surface area (Å²) in [5.41, 5.74) is 10.3. The van der Waals surface area contributed by atoms with Crippen LogP contribution in [0.15, 0.2) is 30.3 Å². The van der Waals surface area contributed by atoms with Crippen molar-refractivity contribution < 1.29 is 14.3 Å². The number of nitrogens with two attached hydrogens (primary N) is 2. The van der Waals surface area contributed by atoms with Gasteiger partial charge in [0.2, 0.25) is 11.5 Å². The van der Waals surface area contributed by atoms with Crippen LogP contribution in [0, 0.1) is 0 Å². The number of hydrogen-bond donors (Lipinski definition) is 2. The molecule has 0 aromatic heterocycles. The number of ketones is 1. The molecule has 0 spiro atoms. The van der Waals surface area contributed by atoms with Crippen molar-refractivity contribution >= 4 is 11.9 Å². The maximum absolute atomic E-state index is 12.5. The molecule has 1 heterocycles. The van der Waals surface area contributed by atoms with Crippen molar-refractivity contribution in [1.29, 1.82) is 0 Å². The van der Waals surface area contributed by atoms with E-state index in [-0.39, 0.29) is 18.7 Å². The Morgan fingerprint density at radius 2 is 1.81 bits per heavy atom. The summed E-state index contributed by atoms with van der Waals surface area (Å²) >= 11 is 0. The van der Waals surface area contributed by atoms with Crippen molar-refractivity contribution in [3.8, 4) is 0 Å². The molecule has 0 aliphatic carbocycles. The topological polar surface area (TPSA) is 98.6 Å². The lowest BCUT2D eigenvalue weighted by atomic mass is 9.96. The second-order valence-electron chi connectivity index (χ2n) is 5.19. The zero-order valence-electron chi connectivity index (χ0n) is 12.0. The van der Waals surface area contributed by atoms with Gasteiger partial charge < -0.3 is 16.2 Å². The highest BCUT2D eigenvalue weighted by atomic mass is 16.6. The molecule has 1 fully saturated rings. The smallest absolute Gasteiger partial charge is 0.406 e. The normalized spacial score (nSPS) is 18.1. The molecule has 0 bridgehead atoms. The van der Waals surface area contributed by atoms with Crippen LogP contribution in [0.3, 0.4) is 0 Å². The van der Waals surface area contributed by atoms with Gasteiger partial charge in [-0.1, -0.05) is 30.3 Å². The summed E-state index contributed by atoms with van der Waals surface area (Å²) in [5.74, 6) is -0.327. The van der Waals surface area contributed by atoms with E-state index in [2.05, 4.69) is 0 Å². The molecule has 1 unspecified atom stereocenters. The lowest BCUT2D eigenvalue weighted by Crippen LogP contribution is -2.60. The van der Waals surface area contributed by atoms with Crippen molar-refractivity contribution in [1.82, 2.24) is 4.90 Å². The Hall–Kier alpha value is -1.92. The van der Waals surface area contributed by atoms with Crippen LogP contribution in [0.4, 0.5) is 4.79 Å². The highest BCUT2D eigenvalue weighted by Gasteiger charge is 2.47. The third kappa shape index (κ3) is 3.40. The predicted molar refractivity (Wildman–Crippen MR) is 78.4 cm³/mol. The Morgan fingerprint density at radius 1 is 1.19 bits per heavy atom. The number of benzene rings is 1. The molecule has 6 heteroatoms. The van der Waals surface area contributed by atoms with Gasteiger partial charge in [0.25, 0.3) is 0 Å². The summed E-state index contributed by atoms with van der Waals surface area (Å²) in [4.78, 5) is 25.7. The third-order valence-corrected chi connectivity index (χ3v) is 3.79. The van der Waals surface area contributed by atoms with E-state index in [1.807, 2.05) is 35.2 Å². The number of hydrogen-bond acceptors (Lipinski definition) is 5. The molecular weight excluding hydrogens is 270 g/mol. The first-order valence-electron chi connectivity index (χ1n) is 7.09. The fourth-order valence-corrected chi connectivity index (χ4v) is 2.82. The number of likely N-dealkylation sites (tertiary alicyclic amines) is 1. The van der Waals surface area contributed by atoms with Gasteiger partial charge in [0.15, 0.2) is 0 Å². The number of nitrogens with zero attached hydrogens (tertiary/aromatic N) is 1. The van der Waals surface area contributed by atoms with E-state index in [9.17, 15) is 9.59 Å². The summed E-state index contributed by atoms with van der Waals surface area (Å²) in [7, 11) is 0. The molecule has 1 aliphatic rings. The number of Topliss-reactive ketones (excluding diaryl/α,β-unsaturated/α-hetero) is 1. The highest BCUT2D eigenvalue weighted by Crippen LogP contribution is 2.28. The molecule has 4 N–H and O–H groups in total. The number of carbonyl (C=O) groups is 2. The maximum atomic E-state index is 12.5. The molecule has 1 aromatic carbocycles. The Bertz CT molecular complexity index is 500. The van der Waals surface area contributed by atoms with Gasteiger partial charge in [-0.25, -0.2) is 4.79 Å². The van der Waals surface area contributed by atoms with Gasteiger partial charge in [-0.05, 0) is 18.4 Å². The van der Waals surface area contributed by atoms with E-state index < -0.39 is 11.8 Å². The molecule has 0 saturated carbocycles. The lowest BCUT2D eigenvalue weighted by Gasteiger charge is -2.39.